The molecule has 1 rings (SSSR count). The number of nitrogens with one attached hydrogen (secondary N) is 1. The second-order valence-electron chi connectivity index (χ2n) is 6.96. The molecule has 114 valence electrons. The van der Waals surface area contributed by atoms with Gasteiger partial charge in [-0.2, -0.15) is 0 Å². The normalized spacial score (nSPS) is 14.8. The minimum atomic E-state index is 0.292. The quantitative estimate of drug-likeness (QED) is 0.667. The smallest absolute Gasteiger partial charge is 0.00752 e. The first kappa shape index (κ1) is 17.2. The van der Waals surface area contributed by atoms with Crippen molar-refractivity contribution >= 4 is 0 Å². The van der Waals surface area contributed by atoms with Gasteiger partial charge in [-0.25, -0.2) is 0 Å². The Kier molecular flexibility index (Phi) is 7.29. The van der Waals surface area contributed by atoms with Crippen LogP contribution in [0.3, 0.4) is 0 Å². The monoisotopic (exact) mass is 275 g/mol. The molecule has 0 heterocycles. The number of rotatable bonds is 9. The Labute approximate surface area is 126 Å². The van der Waals surface area contributed by atoms with Crippen molar-refractivity contribution in [2.75, 3.05) is 13.1 Å². The van der Waals surface area contributed by atoms with E-state index in [1.165, 1.54) is 24.8 Å². The number of benzene rings is 1. The van der Waals surface area contributed by atoms with Gasteiger partial charge in [0.05, 0.1) is 0 Å². The van der Waals surface area contributed by atoms with Crippen LogP contribution in [0.2, 0.25) is 0 Å². The summed E-state index contributed by atoms with van der Waals surface area (Å²) >= 11 is 0. The van der Waals surface area contributed by atoms with Crippen LogP contribution in [-0.4, -0.2) is 13.1 Å². The molecular weight excluding hydrogens is 242 g/mol. The van der Waals surface area contributed by atoms with Crippen molar-refractivity contribution in [3.8, 4) is 0 Å². The predicted octanol–water partition coefficient (Wildman–Crippen LogP) is 5.02. The summed E-state index contributed by atoms with van der Waals surface area (Å²) in [6, 6.07) is 11.1. The maximum absolute atomic E-state index is 3.70. The third-order valence-electron chi connectivity index (χ3n) is 4.28. The lowest BCUT2D eigenvalue weighted by Crippen LogP contribution is -2.39. The molecule has 1 aromatic rings. The first-order valence-corrected chi connectivity index (χ1v) is 8.26. The molecule has 0 aliphatic heterocycles. The molecule has 0 aliphatic carbocycles. The zero-order chi connectivity index (χ0) is 15.0. The minimum absolute atomic E-state index is 0.292. The Morgan fingerprint density at radius 2 is 1.65 bits per heavy atom. The molecule has 0 saturated heterocycles. The Bertz CT molecular complexity index is 355. The van der Waals surface area contributed by atoms with Gasteiger partial charge >= 0.3 is 0 Å². The Hall–Kier alpha value is -0.820. The summed E-state index contributed by atoms with van der Waals surface area (Å²) in [5.74, 6) is 1.49. The molecule has 1 nitrogen and oxygen atoms in total. The molecule has 1 N–H and O–H groups in total. The van der Waals surface area contributed by atoms with Crippen molar-refractivity contribution in [1.29, 1.82) is 0 Å². The zero-order valence-corrected chi connectivity index (χ0v) is 14.1. The average Bonchev–Trinajstić information content (AvgIpc) is 2.43. The third-order valence-corrected chi connectivity index (χ3v) is 4.28. The lowest BCUT2D eigenvalue weighted by Gasteiger charge is -2.35. The lowest BCUT2D eigenvalue weighted by molar-refractivity contribution is 0.320. The maximum Gasteiger partial charge on any atom is 0.00752 e. The van der Waals surface area contributed by atoms with Gasteiger partial charge in [0.15, 0.2) is 0 Å². The summed E-state index contributed by atoms with van der Waals surface area (Å²) in [7, 11) is 0. The van der Waals surface area contributed by atoms with Gasteiger partial charge in [0, 0.05) is 12.0 Å². The van der Waals surface area contributed by atoms with Gasteiger partial charge in [-0.3, -0.25) is 0 Å². The van der Waals surface area contributed by atoms with E-state index >= 15 is 0 Å². The van der Waals surface area contributed by atoms with E-state index < -0.39 is 0 Å². The summed E-state index contributed by atoms with van der Waals surface area (Å²) in [5.41, 5.74) is 1.79. The molecule has 0 bridgehead atoms. The molecule has 0 amide bonds. The van der Waals surface area contributed by atoms with Crippen LogP contribution in [0.15, 0.2) is 30.3 Å². The van der Waals surface area contributed by atoms with Crippen LogP contribution in [0.1, 0.15) is 59.4 Å². The van der Waals surface area contributed by atoms with Crippen molar-refractivity contribution < 1.29 is 0 Å². The predicted molar refractivity (Wildman–Crippen MR) is 90.2 cm³/mol. The highest BCUT2D eigenvalue weighted by molar-refractivity contribution is 5.26. The third kappa shape index (κ3) is 5.28. The van der Waals surface area contributed by atoms with Gasteiger partial charge < -0.3 is 5.32 Å². The van der Waals surface area contributed by atoms with Gasteiger partial charge in [-0.15, -0.1) is 0 Å². The van der Waals surface area contributed by atoms with Crippen LogP contribution in [-0.2, 0) is 5.41 Å². The highest BCUT2D eigenvalue weighted by Gasteiger charge is 2.29. The fourth-order valence-corrected chi connectivity index (χ4v) is 2.80. The van der Waals surface area contributed by atoms with E-state index in [1.54, 1.807) is 0 Å². The number of hydrogen-bond acceptors (Lipinski definition) is 1. The van der Waals surface area contributed by atoms with E-state index in [1.807, 2.05) is 0 Å². The molecule has 0 spiro atoms. The van der Waals surface area contributed by atoms with Crippen molar-refractivity contribution in [3.05, 3.63) is 35.9 Å². The van der Waals surface area contributed by atoms with E-state index in [0.717, 1.165) is 19.0 Å². The summed E-state index contributed by atoms with van der Waals surface area (Å²) in [6.45, 7) is 13.7. The van der Waals surface area contributed by atoms with Gasteiger partial charge in [0.2, 0.25) is 0 Å². The molecule has 1 unspecified atom stereocenters. The summed E-state index contributed by atoms with van der Waals surface area (Å²) < 4.78 is 0. The van der Waals surface area contributed by atoms with Crippen LogP contribution in [0.5, 0.6) is 0 Å². The second-order valence-corrected chi connectivity index (χ2v) is 6.96. The van der Waals surface area contributed by atoms with E-state index in [-0.39, 0.29) is 0 Å². The lowest BCUT2D eigenvalue weighted by atomic mass is 9.73. The molecule has 1 heteroatoms. The highest BCUT2D eigenvalue weighted by atomic mass is 14.9. The van der Waals surface area contributed by atoms with Crippen LogP contribution >= 0.6 is 0 Å². The zero-order valence-electron chi connectivity index (χ0n) is 14.1. The molecule has 0 radical (unpaired) electrons. The Balaban J connectivity index is 2.84. The topological polar surface area (TPSA) is 12.0 Å². The first-order valence-electron chi connectivity index (χ1n) is 8.26. The van der Waals surface area contributed by atoms with E-state index in [2.05, 4.69) is 70.3 Å². The summed E-state index contributed by atoms with van der Waals surface area (Å²) in [5, 5.41) is 3.70. The summed E-state index contributed by atoms with van der Waals surface area (Å²) in [6.07, 6.45) is 3.77. The minimum Gasteiger partial charge on any atom is -0.316 e. The van der Waals surface area contributed by atoms with Crippen LogP contribution < -0.4 is 5.32 Å². The highest BCUT2D eigenvalue weighted by Crippen LogP contribution is 2.33. The summed E-state index contributed by atoms with van der Waals surface area (Å²) in [4.78, 5) is 0. The number of hydrogen-bond donors (Lipinski definition) is 1. The van der Waals surface area contributed by atoms with Crippen molar-refractivity contribution in [3.63, 3.8) is 0 Å². The van der Waals surface area contributed by atoms with Gasteiger partial charge in [0.25, 0.3) is 0 Å². The van der Waals surface area contributed by atoms with Crippen LogP contribution in [0.4, 0.5) is 0 Å². The average molecular weight is 275 g/mol. The molecular formula is C19H33N. The fraction of sp³-hybridized carbons (Fsp3) is 0.684. The SMILES string of the molecule is CCC(CCC(C)C)(CNCC(C)C)c1ccccc1. The van der Waals surface area contributed by atoms with Crippen LogP contribution in [0.25, 0.3) is 0 Å². The standard InChI is InChI=1S/C19H33N/c1-6-19(13-12-16(2)3,15-20-14-17(4)5)18-10-8-7-9-11-18/h7-11,16-17,20H,6,12-15H2,1-5H3. The van der Waals surface area contributed by atoms with Crippen molar-refractivity contribution in [2.45, 2.75) is 59.3 Å². The second kappa shape index (κ2) is 8.46. The van der Waals surface area contributed by atoms with Gasteiger partial charge in [-0.1, -0.05) is 71.4 Å². The molecule has 1 aromatic carbocycles. The molecule has 20 heavy (non-hydrogen) atoms. The van der Waals surface area contributed by atoms with E-state index in [9.17, 15) is 0 Å². The largest absolute Gasteiger partial charge is 0.316 e. The van der Waals surface area contributed by atoms with E-state index in [4.69, 9.17) is 0 Å². The Morgan fingerprint density at radius 3 is 2.15 bits per heavy atom. The molecule has 0 saturated carbocycles. The van der Waals surface area contributed by atoms with Gasteiger partial charge in [0.1, 0.15) is 0 Å². The molecule has 0 aromatic heterocycles. The molecule has 0 fully saturated rings. The van der Waals surface area contributed by atoms with Crippen molar-refractivity contribution in [1.82, 2.24) is 5.32 Å². The first-order chi connectivity index (χ1) is 9.50. The van der Waals surface area contributed by atoms with Crippen LogP contribution in [0, 0.1) is 11.8 Å². The molecule has 0 aliphatic rings. The van der Waals surface area contributed by atoms with Gasteiger partial charge in [-0.05, 0) is 36.8 Å². The maximum atomic E-state index is 3.70. The Morgan fingerprint density at radius 1 is 1.00 bits per heavy atom. The van der Waals surface area contributed by atoms with E-state index in [0.29, 0.717) is 11.3 Å². The molecule has 1 atom stereocenters. The van der Waals surface area contributed by atoms with Crippen molar-refractivity contribution in [2.24, 2.45) is 11.8 Å². The fourth-order valence-electron chi connectivity index (χ4n) is 2.80.